The van der Waals surface area contributed by atoms with Gasteiger partial charge in [0.2, 0.25) is 0 Å². The topological polar surface area (TPSA) is 9.72 Å². The van der Waals surface area contributed by atoms with Crippen molar-refractivity contribution >= 4 is 80.0 Å². The molecule has 0 aromatic heterocycles. The van der Waals surface area contributed by atoms with Gasteiger partial charge in [-0.3, -0.25) is 0 Å². The van der Waals surface area contributed by atoms with Crippen LogP contribution in [-0.2, 0) is 0 Å². The van der Waals surface area contributed by atoms with Gasteiger partial charge in [-0.05, 0) is 118 Å². The summed E-state index contributed by atoms with van der Waals surface area (Å²) in [6, 6.07) is 90.7. The van der Waals surface area contributed by atoms with Gasteiger partial charge in [-0.25, -0.2) is 0 Å². The molecule has 0 saturated heterocycles. The molecule has 4 heteroatoms. The van der Waals surface area contributed by atoms with Gasteiger partial charge < -0.3 is 14.7 Å². The fraction of sp³-hybridized carbons (Fsp3) is 0. The summed E-state index contributed by atoms with van der Waals surface area (Å²) in [5, 5.41) is 5.34. The third-order valence-corrected chi connectivity index (χ3v) is 16.1. The molecule has 3 nitrogen and oxygen atoms in total. The highest BCUT2D eigenvalue weighted by Gasteiger charge is 2.49. The Kier molecular flexibility index (Phi) is 9.22. The molecule has 0 saturated carbocycles. The van der Waals surface area contributed by atoms with E-state index >= 15 is 0 Å². The molecule has 10 rings (SSSR count). The number of hydrogen-bond donors (Lipinski definition) is 0. The first-order chi connectivity index (χ1) is 28.8. The zero-order chi connectivity index (χ0) is 38.7. The van der Waals surface area contributed by atoms with E-state index in [0.29, 0.717) is 0 Å². The van der Waals surface area contributed by atoms with Crippen LogP contribution < -0.4 is 35.4 Å². The van der Waals surface area contributed by atoms with Gasteiger partial charge in [-0.15, -0.1) is 0 Å². The van der Waals surface area contributed by atoms with Crippen LogP contribution >= 0.6 is 0 Å². The zero-order valence-corrected chi connectivity index (χ0v) is 33.0. The Bertz CT molecular complexity index is 2510. The number of hydrogen-bond acceptors (Lipinski definition) is 3. The van der Waals surface area contributed by atoms with Crippen molar-refractivity contribution in [3.8, 4) is 0 Å². The molecule has 0 radical (unpaired) electrons. The predicted octanol–water partition coefficient (Wildman–Crippen LogP) is 11.8. The lowest BCUT2D eigenvalue weighted by molar-refractivity contribution is 1.25. The van der Waals surface area contributed by atoms with Crippen LogP contribution in [0.15, 0.2) is 249 Å². The summed E-state index contributed by atoms with van der Waals surface area (Å²) in [5.74, 6) is 0. The summed E-state index contributed by atoms with van der Waals surface area (Å²) in [6.07, 6.45) is 0. The molecule has 0 N–H and O–H groups in total. The van der Waals surface area contributed by atoms with Crippen molar-refractivity contribution in [3.05, 3.63) is 249 Å². The van der Waals surface area contributed by atoms with Crippen molar-refractivity contribution in [3.63, 3.8) is 0 Å². The molecule has 1 heterocycles. The number of nitrogens with zero attached hydrogens (tertiary/aromatic N) is 3. The molecule has 0 aliphatic carbocycles. The Morgan fingerprint density at radius 3 is 0.897 bits per heavy atom. The number of anilines is 9. The van der Waals surface area contributed by atoms with Gasteiger partial charge in [-0.1, -0.05) is 152 Å². The van der Waals surface area contributed by atoms with Crippen molar-refractivity contribution in [1.29, 1.82) is 0 Å². The molecular weight excluding hydrogens is 719 g/mol. The van der Waals surface area contributed by atoms with Crippen molar-refractivity contribution < 1.29 is 0 Å². The van der Waals surface area contributed by atoms with Gasteiger partial charge >= 0.3 is 0 Å². The largest absolute Gasteiger partial charge is 0.311 e. The minimum absolute atomic E-state index is 1.11. The molecule has 0 spiro atoms. The second kappa shape index (κ2) is 15.3. The molecule has 0 fully saturated rings. The summed E-state index contributed by atoms with van der Waals surface area (Å²) in [4.78, 5) is 7.27. The summed E-state index contributed by atoms with van der Waals surface area (Å²) < 4.78 is 0. The standard InChI is InChI=1S/C54H41N3Si/c1-8-22-42(23-9-1)55(43-24-10-2-11-25-43)47-36-38-51-53(40-47)58(49-32-18-6-19-33-49,50-34-20-7-21-35-50)54-41-48(37-39-52(54)57(51)46-30-16-5-17-31-46)56(44-26-12-3-13-27-44)45-28-14-4-15-29-45/h1-41H. The van der Waals surface area contributed by atoms with Crippen LogP contribution in [0, 0.1) is 0 Å². The molecule has 0 bridgehead atoms. The maximum atomic E-state index is 2.50. The number of para-hydroxylation sites is 5. The molecular formula is C54H41N3Si. The first-order valence-corrected chi connectivity index (χ1v) is 21.9. The normalized spacial score (nSPS) is 12.6. The second-order valence-corrected chi connectivity index (χ2v) is 18.3. The average Bonchev–Trinajstić information content (AvgIpc) is 3.31. The third kappa shape index (κ3) is 6.08. The van der Waals surface area contributed by atoms with E-state index in [2.05, 4.69) is 263 Å². The van der Waals surface area contributed by atoms with E-state index in [4.69, 9.17) is 0 Å². The van der Waals surface area contributed by atoms with E-state index in [9.17, 15) is 0 Å². The fourth-order valence-electron chi connectivity index (χ4n) is 8.81. The van der Waals surface area contributed by atoms with Gasteiger partial charge in [0.05, 0.1) is 0 Å². The minimum Gasteiger partial charge on any atom is -0.311 e. The average molecular weight is 760 g/mol. The lowest BCUT2D eigenvalue weighted by Gasteiger charge is -2.46. The van der Waals surface area contributed by atoms with E-state index in [-0.39, 0.29) is 0 Å². The summed E-state index contributed by atoms with van der Waals surface area (Å²) >= 11 is 0. The van der Waals surface area contributed by atoms with Crippen LogP contribution in [0.3, 0.4) is 0 Å². The Morgan fingerprint density at radius 2 is 0.569 bits per heavy atom. The maximum absolute atomic E-state index is 3.10. The molecule has 0 unspecified atom stereocenters. The van der Waals surface area contributed by atoms with Gasteiger partial charge in [0, 0.05) is 51.2 Å². The van der Waals surface area contributed by atoms with Crippen LogP contribution in [0.1, 0.15) is 0 Å². The van der Waals surface area contributed by atoms with Crippen LogP contribution in [0.2, 0.25) is 0 Å². The first kappa shape index (κ1) is 35.0. The smallest absolute Gasteiger partial charge is 0.184 e. The first-order valence-electron chi connectivity index (χ1n) is 19.9. The van der Waals surface area contributed by atoms with E-state index < -0.39 is 8.07 Å². The number of benzene rings is 9. The van der Waals surface area contributed by atoms with Gasteiger partial charge in [0.15, 0.2) is 8.07 Å². The van der Waals surface area contributed by atoms with E-state index in [1.54, 1.807) is 0 Å². The van der Waals surface area contributed by atoms with Crippen molar-refractivity contribution in [2.45, 2.75) is 0 Å². The van der Waals surface area contributed by atoms with Gasteiger partial charge in [0.1, 0.15) is 0 Å². The lowest BCUT2D eigenvalue weighted by atomic mass is 10.1. The molecule has 1 aliphatic heterocycles. The van der Waals surface area contributed by atoms with E-state index in [0.717, 1.165) is 39.8 Å². The van der Waals surface area contributed by atoms with Crippen molar-refractivity contribution in [2.75, 3.05) is 14.7 Å². The van der Waals surface area contributed by atoms with Crippen LogP contribution in [-0.4, -0.2) is 8.07 Å². The lowest BCUT2D eigenvalue weighted by Crippen LogP contribution is -2.77. The Hall–Kier alpha value is -7.40. The quantitative estimate of drug-likeness (QED) is 0.136. The number of fused-ring (bicyclic) bond motifs is 2. The Balaban J connectivity index is 1.33. The predicted molar refractivity (Wildman–Crippen MR) is 248 cm³/mol. The third-order valence-electron chi connectivity index (χ3n) is 11.3. The summed E-state index contributed by atoms with van der Waals surface area (Å²) in [5.41, 5.74) is 10.2. The Morgan fingerprint density at radius 1 is 0.276 bits per heavy atom. The van der Waals surface area contributed by atoms with Crippen LogP contribution in [0.5, 0.6) is 0 Å². The molecule has 58 heavy (non-hydrogen) atoms. The highest BCUT2D eigenvalue weighted by molar-refractivity contribution is 7.21. The molecule has 0 amide bonds. The molecule has 276 valence electrons. The summed E-state index contributed by atoms with van der Waals surface area (Å²) in [7, 11) is -3.10. The van der Waals surface area contributed by atoms with Gasteiger partial charge in [0.25, 0.3) is 0 Å². The zero-order valence-electron chi connectivity index (χ0n) is 32.0. The molecule has 9 aromatic carbocycles. The van der Waals surface area contributed by atoms with Crippen molar-refractivity contribution in [1.82, 2.24) is 0 Å². The number of rotatable bonds is 9. The van der Waals surface area contributed by atoms with E-state index in [1.165, 1.54) is 32.1 Å². The maximum Gasteiger partial charge on any atom is 0.184 e. The summed E-state index contributed by atoms with van der Waals surface area (Å²) in [6.45, 7) is 0. The molecule has 1 aliphatic rings. The van der Waals surface area contributed by atoms with Gasteiger partial charge in [-0.2, -0.15) is 0 Å². The fourth-order valence-corrected chi connectivity index (χ4v) is 14.0. The van der Waals surface area contributed by atoms with Crippen LogP contribution in [0.4, 0.5) is 51.2 Å². The van der Waals surface area contributed by atoms with E-state index in [1.807, 2.05) is 0 Å². The Labute approximate surface area is 342 Å². The molecule has 0 atom stereocenters. The van der Waals surface area contributed by atoms with Crippen molar-refractivity contribution in [2.24, 2.45) is 0 Å². The second-order valence-electron chi connectivity index (χ2n) is 14.6. The highest BCUT2D eigenvalue weighted by Crippen LogP contribution is 2.43. The minimum atomic E-state index is -3.10. The van der Waals surface area contributed by atoms with Crippen LogP contribution in [0.25, 0.3) is 0 Å². The monoisotopic (exact) mass is 759 g/mol. The highest BCUT2D eigenvalue weighted by atomic mass is 28.3. The molecule has 9 aromatic rings. The SMILES string of the molecule is c1ccc(N(c2ccccc2)c2ccc3c(c2)[Si](c2ccccc2)(c2ccccc2)c2cc(N(c4ccccc4)c4ccccc4)ccc2N3c2ccccc2)cc1.